The van der Waals surface area contributed by atoms with Crippen LogP contribution < -0.4 is 0 Å². The number of hydrogen-bond acceptors (Lipinski definition) is 4. The summed E-state index contributed by atoms with van der Waals surface area (Å²) in [7, 11) is 0. The molecule has 0 unspecified atom stereocenters. The average Bonchev–Trinajstić information content (AvgIpc) is 2.63. The molecule has 0 aliphatic heterocycles. The average molecular weight is 480 g/mol. The molecule has 8 heteroatoms. The van der Waals surface area contributed by atoms with Crippen molar-refractivity contribution < 1.29 is 19.4 Å². The Morgan fingerprint density at radius 2 is 0.786 bits per heavy atom. The Labute approximate surface area is 189 Å². The van der Waals surface area contributed by atoms with Crippen LogP contribution in [-0.2, 0) is 19.4 Å². The van der Waals surface area contributed by atoms with Crippen LogP contribution in [0.2, 0.25) is 0 Å². The fourth-order valence-electron chi connectivity index (χ4n) is 2.73. The molecule has 4 nitrogen and oxygen atoms in total. The van der Waals surface area contributed by atoms with Crippen molar-refractivity contribution in [2.75, 3.05) is 0 Å². The third kappa shape index (κ3) is 22.4. The van der Waals surface area contributed by atoms with Crippen LogP contribution in [0.1, 0.15) is 103 Å². The third-order valence-electron chi connectivity index (χ3n) is 4.33. The van der Waals surface area contributed by atoms with E-state index in [-0.39, 0.29) is 22.5 Å². The van der Waals surface area contributed by atoms with E-state index >= 15 is 0 Å². The van der Waals surface area contributed by atoms with Gasteiger partial charge in [0.1, 0.15) is 9.67 Å². The molecule has 0 aromatic carbocycles. The van der Waals surface area contributed by atoms with E-state index in [4.69, 9.17) is 46.4 Å². The Morgan fingerprint density at radius 3 is 1.11 bits per heavy atom. The molecule has 0 spiro atoms. The van der Waals surface area contributed by atoms with Crippen molar-refractivity contribution in [1.82, 2.24) is 0 Å². The first-order valence-corrected chi connectivity index (χ1v) is 12.1. The Balaban J connectivity index is 3.36. The van der Waals surface area contributed by atoms with Crippen LogP contribution in [0.4, 0.5) is 0 Å². The maximum atomic E-state index is 11.5. The second-order valence-electron chi connectivity index (χ2n) is 7.01. The van der Waals surface area contributed by atoms with Crippen LogP contribution in [0.25, 0.3) is 0 Å². The number of rotatable bonds is 18. The second-order valence-corrected chi connectivity index (χ2v) is 9.57. The molecular formula is C20H34Cl4O4. The number of carbonyl (C=O) groups excluding carboxylic acids is 2. The van der Waals surface area contributed by atoms with Crippen LogP contribution in [0.3, 0.4) is 0 Å². The highest BCUT2D eigenvalue weighted by Crippen LogP contribution is 2.15. The topological polar surface area (TPSA) is 52.6 Å². The summed E-state index contributed by atoms with van der Waals surface area (Å²) < 4.78 is 0. The van der Waals surface area contributed by atoms with Gasteiger partial charge in [0, 0.05) is 0 Å². The van der Waals surface area contributed by atoms with E-state index in [2.05, 4.69) is 9.78 Å². The van der Waals surface area contributed by atoms with Gasteiger partial charge < -0.3 is 0 Å². The van der Waals surface area contributed by atoms with Gasteiger partial charge in [-0.1, -0.05) is 64.2 Å². The predicted octanol–water partition coefficient (Wildman–Crippen LogP) is 7.84. The van der Waals surface area contributed by atoms with Crippen molar-refractivity contribution in [2.24, 2.45) is 0 Å². The molecule has 0 fully saturated rings. The van der Waals surface area contributed by atoms with Gasteiger partial charge in [-0.25, -0.2) is 19.4 Å². The minimum Gasteiger partial charge on any atom is -0.247 e. The molecule has 0 saturated carbocycles. The zero-order chi connectivity index (χ0) is 21.0. The maximum Gasteiger partial charge on any atom is 0.355 e. The van der Waals surface area contributed by atoms with Crippen molar-refractivity contribution >= 4 is 58.3 Å². The summed E-state index contributed by atoms with van der Waals surface area (Å²) >= 11 is 22.7. The van der Waals surface area contributed by atoms with Crippen LogP contribution in [0, 0.1) is 0 Å². The minimum atomic E-state index is -0.489. The van der Waals surface area contributed by atoms with Crippen molar-refractivity contribution in [2.45, 2.75) is 112 Å². The standard InChI is InChI=1S/C20H34Cl4O4/c21-17(22)13-9-5-1-3-7-11-15-19(25)27-28-20(26)16-12-8-4-2-6-10-14-18(23)24/h17-18H,1-16H2. The highest BCUT2D eigenvalue weighted by atomic mass is 35.5. The molecule has 0 aromatic rings. The molecule has 0 aromatic heterocycles. The largest absolute Gasteiger partial charge is 0.355 e. The number of carbonyl (C=O) groups is 2. The van der Waals surface area contributed by atoms with E-state index in [1.54, 1.807) is 0 Å². The van der Waals surface area contributed by atoms with Crippen LogP contribution >= 0.6 is 46.4 Å². The van der Waals surface area contributed by atoms with Crippen molar-refractivity contribution in [3.63, 3.8) is 0 Å². The van der Waals surface area contributed by atoms with Gasteiger partial charge in [-0.05, 0) is 25.7 Å². The first kappa shape index (κ1) is 28.1. The fourth-order valence-corrected chi connectivity index (χ4v) is 3.34. The van der Waals surface area contributed by atoms with Crippen LogP contribution in [0.15, 0.2) is 0 Å². The normalized spacial score (nSPS) is 11.2. The summed E-state index contributed by atoms with van der Waals surface area (Å²) in [6.07, 6.45) is 14.1. The Bertz CT molecular complexity index is 356. The SMILES string of the molecule is O=C(CCCCCCCCC(Cl)Cl)OOC(=O)CCCCCCCCC(Cl)Cl. The fraction of sp³-hybridized carbons (Fsp3) is 0.900. The Hall–Kier alpha value is 0.1000. The molecule has 0 amide bonds. The highest BCUT2D eigenvalue weighted by Gasteiger charge is 2.09. The summed E-state index contributed by atoms with van der Waals surface area (Å²) in [4.78, 5) is 31.7. The molecule has 0 N–H and O–H groups in total. The summed E-state index contributed by atoms with van der Waals surface area (Å²) in [5, 5.41) is 0. The van der Waals surface area contributed by atoms with Gasteiger partial charge >= 0.3 is 11.9 Å². The minimum absolute atomic E-state index is 0.268. The zero-order valence-corrected chi connectivity index (χ0v) is 19.6. The Morgan fingerprint density at radius 1 is 0.500 bits per heavy atom. The summed E-state index contributed by atoms with van der Waals surface area (Å²) in [5.41, 5.74) is 0. The predicted molar refractivity (Wildman–Crippen MR) is 117 cm³/mol. The molecule has 0 atom stereocenters. The van der Waals surface area contributed by atoms with E-state index in [9.17, 15) is 9.59 Å². The lowest BCUT2D eigenvalue weighted by Crippen LogP contribution is -2.11. The first-order valence-electron chi connectivity index (χ1n) is 10.4. The highest BCUT2D eigenvalue weighted by molar-refractivity contribution is 6.44. The molecule has 0 aliphatic carbocycles. The molecule has 166 valence electrons. The van der Waals surface area contributed by atoms with Crippen LogP contribution in [-0.4, -0.2) is 21.6 Å². The lowest BCUT2D eigenvalue weighted by atomic mass is 10.1. The number of halogens is 4. The first-order chi connectivity index (χ1) is 13.4. The van der Waals surface area contributed by atoms with Gasteiger partial charge in [0.25, 0.3) is 0 Å². The lowest BCUT2D eigenvalue weighted by Gasteiger charge is -2.04. The smallest absolute Gasteiger partial charge is 0.247 e. The molecule has 0 radical (unpaired) electrons. The quantitative estimate of drug-likeness (QED) is 0.0868. The monoisotopic (exact) mass is 478 g/mol. The third-order valence-corrected chi connectivity index (χ3v) is 5.21. The number of alkyl halides is 4. The van der Waals surface area contributed by atoms with E-state index in [0.29, 0.717) is 0 Å². The molecule has 28 heavy (non-hydrogen) atoms. The van der Waals surface area contributed by atoms with E-state index in [1.807, 2.05) is 0 Å². The zero-order valence-electron chi connectivity index (χ0n) is 16.6. The van der Waals surface area contributed by atoms with Gasteiger partial charge in [-0.15, -0.1) is 46.4 Å². The summed E-state index contributed by atoms with van der Waals surface area (Å²) in [6.45, 7) is 0. The molecule has 0 aliphatic rings. The van der Waals surface area contributed by atoms with Crippen molar-refractivity contribution in [3.8, 4) is 0 Å². The van der Waals surface area contributed by atoms with E-state index in [0.717, 1.165) is 89.9 Å². The summed E-state index contributed by atoms with van der Waals surface area (Å²) in [5.74, 6) is -0.977. The Kier molecular flexibility index (Phi) is 20.4. The molecule has 0 saturated heterocycles. The molecule has 0 bridgehead atoms. The van der Waals surface area contributed by atoms with Gasteiger partial charge in [-0.3, -0.25) is 0 Å². The van der Waals surface area contributed by atoms with E-state index < -0.39 is 11.9 Å². The maximum absolute atomic E-state index is 11.5. The van der Waals surface area contributed by atoms with Gasteiger partial charge in [0.05, 0.1) is 12.8 Å². The van der Waals surface area contributed by atoms with Gasteiger partial charge in [0.15, 0.2) is 0 Å². The van der Waals surface area contributed by atoms with Gasteiger partial charge in [0.2, 0.25) is 0 Å². The summed E-state index contributed by atoms with van der Waals surface area (Å²) in [6, 6.07) is 0. The second kappa shape index (κ2) is 20.4. The number of hydrogen-bond donors (Lipinski definition) is 0. The molecule has 0 rings (SSSR count). The van der Waals surface area contributed by atoms with Gasteiger partial charge in [-0.2, -0.15) is 0 Å². The van der Waals surface area contributed by atoms with Crippen LogP contribution in [0.5, 0.6) is 0 Å². The van der Waals surface area contributed by atoms with Crippen molar-refractivity contribution in [1.29, 1.82) is 0 Å². The molecule has 0 heterocycles. The van der Waals surface area contributed by atoms with Crippen molar-refractivity contribution in [3.05, 3.63) is 0 Å². The van der Waals surface area contributed by atoms with E-state index in [1.165, 1.54) is 0 Å². The number of unbranched alkanes of at least 4 members (excludes halogenated alkanes) is 10. The lowest BCUT2D eigenvalue weighted by molar-refractivity contribution is -0.259. The molecular weight excluding hydrogens is 446 g/mol.